The summed E-state index contributed by atoms with van der Waals surface area (Å²) < 4.78 is 2.00. The number of rotatable bonds is 3. The Hall–Kier alpha value is -2.81. The summed E-state index contributed by atoms with van der Waals surface area (Å²) in [6.45, 7) is 0. The van der Waals surface area contributed by atoms with Crippen LogP contribution in [0.15, 0.2) is 79.1 Å². The van der Waals surface area contributed by atoms with Crippen molar-refractivity contribution in [3.63, 3.8) is 0 Å². The van der Waals surface area contributed by atoms with Gasteiger partial charge in [0, 0.05) is 29.3 Å². The zero-order valence-corrected chi connectivity index (χ0v) is 10.9. The van der Waals surface area contributed by atoms with Crippen LogP contribution in [0.3, 0.4) is 0 Å². The van der Waals surface area contributed by atoms with E-state index in [1.165, 1.54) is 0 Å². The Bertz CT molecular complexity index is 686. The monoisotopic (exact) mass is 262 g/mol. The van der Waals surface area contributed by atoms with Crippen LogP contribution in [0.25, 0.3) is 5.69 Å². The van der Waals surface area contributed by atoms with Crippen molar-refractivity contribution < 1.29 is 4.79 Å². The lowest BCUT2D eigenvalue weighted by Gasteiger charge is -2.07. The van der Waals surface area contributed by atoms with Crippen LogP contribution < -0.4 is 5.32 Å². The van der Waals surface area contributed by atoms with E-state index in [1.807, 2.05) is 83.7 Å². The molecule has 3 rings (SSSR count). The molecule has 0 bridgehead atoms. The minimum Gasteiger partial charge on any atom is -0.324 e. The molecule has 1 aromatic heterocycles. The van der Waals surface area contributed by atoms with Crippen molar-refractivity contribution in [3.8, 4) is 5.69 Å². The van der Waals surface area contributed by atoms with Gasteiger partial charge in [-0.3, -0.25) is 4.79 Å². The Morgan fingerprint density at radius 1 is 0.800 bits per heavy atom. The first-order chi connectivity index (χ1) is 9.83. The second kappa shape index (κ2) is 5.45. The van der Waals surface area contributed by atoms with Gasteiger partial charge in [0.2, 0.25) is 0 Å². The first-order valence-corrected chi connectivity index (χ1v) is 6.43. The number of hydrogen-bond donors (Lipinski definition) is 1. The average molecular weight is 262 g/mol. The number of nitrogens with one attached hydrogen (secondary N) is 1. The van der Waals surface area contributed by atoms with Crippen molar-refractivity contribution in [2.45, 2.75) is 0 Å². The number of aromatic nitrogens is 1. The fourth-order valence-electron chi connectivity index (χ4n) is 2.02. The summed E-state index contributed by atoms with van der Waals surface area (Å²) in [7, 11) is 0. The third-order valence-corrected chi connectivity index (χ3v) is 3.06. The molecule has 0 fully saturated rings. The molecule has 0 saturated carbocycles. The van der Waals surface area contributed by atoms with Gasteiger partial charge in [-0.2, -0.15) is 0 Å². The van der Waals surface area contributed by atoms with Gasteiger partial charge in [0.1, 0.15) is 0 Å². The predicted octanol–water partition coefficient (Wildman–Crippen LogP) is 3.73. The zero-order chi connectivity index (χ0) is 13.8. The average Bonchev–Trinajstić information content (AvgIpc) is 3.03. The smallest absolute Gasteiger partial charge is 0.255 e. The molecule has 2 aromatic carbocycles. The van der Waals surface area contributed by atoms with Crippen LogP contribution in [0.4, 0.5) is 5.69 Å². The van der Waals surface area contributed by atoms with Crippen molar-refractivity contribution in [1.29, 1.82) is 0 Å². The number of nitrogens with zero attached hydrogens (tertiary/aromatic N) is 1. The Labute approximate surface area is 117 Å². The van der Waals surface area contributed by atoms with Crippen LogP contribution >= 0.6 is 0 Å². The Balaban J connectivity index is 1.76. The van der Waals surface area contributed by atoms with Gasteiger partial charge in [-0.05, 0) is 48.5 Å². The van der Waals surface area contributed by atoms with Crippen LogP contribution in [0.1, 0.15) is 10.4 Å². The highest BCUT2D eigenvalue weighted by Gasteiger charge is 2.05. The zero-order valence-electron chi connectivity index (χ0n) is 10.9. The quantitative estimate of drug-likeness (QED) is 0.766. The fraction of sp³-hybridized carbons (Fsp3) is 0. The van der Waals surface area contributed by atoms with Gasteiger partial charge >= 0.3 is 0 Å². The SMILES string of the molecule is O=C(Nc1ccccc1)c1ccc(-n2cccc2)cc1. The molecule has 3 heteroatoms. The third-order valence-electron chi connectivity index (χ3n) is 3.06. The first kappa shape index (κ1) is 12.2. The number of anilines is 1. The van der Waals surface area contributed by atoms with E-state index in [2.05, 4.69) is 5.32 Å². The van der Waals surface area contributed by atoms with Gasteiger partial charge in [0.05, 0.1) is 0 Å². The maximum atomic E-state index is 12.1. The summed E-state index contributed by atoms with van der Waals surface area (Å²) in [5.41, 5.74) is 2.48. The highest BCUT2D eigenvalue weighted by atomic mass is 16.1. The molecule has 1 amide bonds. The normalized spacial score (nSPS) is 10.2. The Morgan fingerprint density at radius 2 is 1.45 bits per heavy atom. The summed E-state index contributed by atoms with van der Waals surface area (Å²) in [6, 6.07) is 20.9. The highest BCUT2D eigenvalue weighted by molar-refractivity contribution is 6.04. The lowest BCUT2D eigenvalue weighted by atomic mass is 10.2. The van der Waals surface area contributed by atoms with E-state index in [-0.39, 0.29) is 5.91 Å². The number of benzene rings is 2. The minimum absolute atomic E-state index is 0.102. The molecule has 98 valence electrons. The molecule has 1 N–H and O–H groups in total. The summed E-state index contributed by atoms with van der Waals surface area (Å²) in [4.78, 5) is 12.1. The van der Waals surface area contributed by atoms with Gasteiger partial charge < -0.3 is 9.88 Å². The number of para-hydroxylation sites is 1. The van der Waals surface area contributed by atoms with Gasteiger partial charge in [0.25, 0.3) is 5.91 Å². The molecule has 0 atom stereocenters. The summed E-state index contributed by atoms with van der Waals surface area (Å²) in [5, 5.41) is 2.87. The van der Waals surface area contributed by atoms with Crippen LogP contribution in [-0.2, 0) is 0 Å². The second-order valence-corrected chi connectivity index (χ2v) is 4.46. The van der Waals surface area contributed by atoms with Crippen LogP contribution in [0.5, 0.6) is 0 Å². The van der Waals surface area contributed by atoms with Crippen LogP contribution in [-0.4, -0.2) is 10.5 Å². The summed E-state index contributed by atoms with van der Waals surface area (Å²) in [5.74, 6) is -0.102. The van der Waals surface area contributed by atoms with Gasteiger partial charge in [-0.15, -0.1) is 0 Å². The molecular formula is C17H14N2O. The molecule has 1 heterocycles. The van der Waals surface area contributed by atoms with E-state index in [9.17, 15) is 4.79 Å². The third kappa shape index (κ3) is 2.62. The maximum absolute atomic E-state index is 12.1. The lowest BCUT2D eigenvalue weighted by molar-refractivity contribution is 0.102. The van der Waals surface area contributed by atoms with E-state index in [4.69, 9.17) is 0 Å². The van der Waals surface area contributed by atoms with Crippen molar-refractivity contribution in [3.05, 3.63) is 84.7 Å². The number of hydrogen-bond acceptors (Lipinski definition) is 1. The van der Waals surface area contributed by atoms with E-state index >= 15 is 0 Å². The summed E-state index contributed by atoms with van der Waals surface area (Å²) in [6.07, 6.45) is 3.94. The summed E-state index contributed by atoms with van der Waals surface area (Å²) >= 11 is 0. The van der Waals surface area contributed by atoms with Gasteiger partial charge in [0.15, 0.2) is 0 Å². The Morgan fingerprint density at radius 3 is 2.10 bits per heavy atom. The predicted molar refractivity (Wildman–Crippen MR) is 80.2 cm³/mol. The maximum Gasteiger partial charge on any atom is 0.255 e. The van der Waals surface area contributed by atoms with E-state index in [1.54, 1.807) is 0 Å². The Kier molecular flexibility index (Phi) is 3.33. The van der Waals surface area contributed by atoms with E-state index < -0.39 is 0 Å². The molecule has 0 aliphatic rings. The molecule has 3 nitrogen and oxygen atoms in total. The van der Waals surface area contributed by atoms with Crippen molar-refractivity contribution in [2.24, 2.45) is 0 Å². The molecule has 3 aromatic rings. The van der Waals surface area contributed by atoms with Gasteiger partial charge in [-0.25, -0.2) is 0 Å². The van der Waals surface area contributed by atoms with Crippen molar-refractivity contribution in [1.82, 2.24) is 4.57 Å². The largest absolute Gasteiger partial charge is 0.324 e. The fourth-order valence-corrected chi connectivity index (χ4v) is 2.02. The molecule has 0 unspecified atom stereocenters. The molecule has 0 saturated heterocycles. The molecule has 0 aliphatic heterocycles. The number of carbonyl (C=O) groups is 1. The van der Waals surface area contributed by atoms with Crippen molar-refractivity contribution >= 4 is 11.6 Å². The van der Waals surface area contributed by atoms with E-state index in [0.717, 1.165) is 11.4 Å². The minimum atomic E-state index is -0.102. The standard InChI is InChI=1S/C17H14N2O/c20-17(18-15-6-2-1-3-7-15)14-8-10-16(11-9-14)19-12-4-5-13-19/h1-13H,(H,18,20). The molecule has 20 heavy (non-hydrogen) atoms. The molecule has 0 aliphatic carbocycles. The van der Waals surface area contributed by atoms with Gasteiger partial charge in [-0.1, -0.05) is 18.2 Å². The molecule has 0 radical (unpaired) electrons. The van der Waals surface area contributed by atoms with E-state index in [0.29, 0.717) is 5.56 Å². The highest BCUT2D eigenvalue weighted by Crippen LogP contribution is 2.12. The number of amides is 1. The van der Waals surface area contributed by atoms with Crippen LogP contribution in [0, 0.1) is 0 Å². The topological polar surface area (TPSA) is 34.0 Å². The second-order valence-electron chi connectivity index (χ2n) is 4.46. The molecule has 0 spiro atoms. The molecular weight excluding hydrogens is 248 g/mol. The van der Waals surface area contributed by atoms with Crippen molar-refractivity contribution in [2.75, 3.05) is 5.32 Å². The number of carbonyl (C=O) groups excluding carboxylic acids is 1. The van der Waals surface area contributed by atoms with Crippen LogP contribution in [0.2, 0.25) is 0 Å². The lowest BCUT2D eigenvalue weighted by Crippen LogP contribution is -2.11. The first-order valence-electron chi connectivity index (χ1n) is 6.43.